The van der Waals surface area contributed by atoms with Gasteiger partial charge in [-0.3, -0.25) is 4.31 Å². The molecule has 0 radical (unpaired) electrons. The van der Waals surface area contributed by atoms with Crippen LogP contribution in [0.2, 0.25) is 0 Å². The van der Waals surface area contributed by atoms with Crippen molar-refractivity contribution in [2.75, 3.05) is 18.5 Å². The normalized spacial score (nSPS) is 14.7. The average molecular weight is 434 g/mol. The lowest BCUT2D eigenvalue weighted by molar-refractivity contribution is 0.354. The third-order valence-electron chi connectivity index (χ3n) is 4.55. The quantitative estimate of drug-likeness (QED) is 0.614. The van der Waals surface area contributed by atoms with Crippen molar-refractivity contribution in [3.63, 3.8) is 0 Å². The highest BCUT2D eigenvalue weighted by Gasteiger charge is 2.35. The molecule has 0 spiro atoms. The fourth-order valence-corrected chi connectivity index (χ4v) is 5.44. The zero-order valence-corrected chi connectivity index (χ0v) is 16.6. The van der Waals surface area contributed by atoms with Crippen LogP contribution in [-0.2, 0) is 16.6 Å². The SMILES string of the molecule is COc1cc(Br)c(CN2c3cccc4cccc(c34)S2(=O)=O)cc1OC. The summed E-state index contributed by atoms with van der Waals surface area (Å²) < 4.78 is 39.1. The molecule has 0 atom stereocenters. The number of methoxy groups -OCH3 is 2. The molecule has 0 aliphatic carbocycles. The van der Waals surface area contributed by atoms with E-state index in [2.05, 4.69) is 15.9 Å². The Hall–Kier alpha value is -2.25. The summed E-state index contributed by atoms with van der Waals surface area (Å²) in [6.07, 6.45) is 0. The fourth-order valence-electron chi connectivity index (χ4n) is 3.30. The predicted octanol–water partition coefficient (Wildman–Crippen LogP) is 4.33. The van der Waals surface area contributed by atoms with Crippen LogP contribution in [0.4, 0.5) is 5.69 Å². The van der Waals surface area contributed by atoms with E-state index in [0.717, 1.165) is 20.8 Å². The Kier molecular flexibility index (Phi) is 4.08. The van der Waals surface area contributed by atoms with E-state index in [1.807, 2.05) is 24.3 Å². The van der Waals surface area contributed by atoms with Gasteiger partial charge in [-0.15, -0.1) is 0 Å². The Bertz CT molecular complexity index is 1120. The standard InChI is InChI=1S/C19H16BrNO4S/c1-24-16-9-13(14(20)10-17(16)25-2)11-21-15-7-3-5-12-6-4-8-18(19(12)15)26(21,22)23/h3-10H,11H2,1-2H3. The molecule has 1 heterocycles. The van der Waals surface area contributed by atoms with Crippen molar-refractivity contribution in [1.29, 1.82) is 0 Å². The Morgan fingerprint density at radius 1 is 1.00 bits per heavy atom. The van der Waals surface area contributed by atoms with Crippen LogP contribution in [0.3, 0.4) is 0 Å². The Balaban J connectivity index is 1.85. The zero-order chi connectivity index (χ0) is 18.5. The Morgan fingerprint density at radius 2 is 1.65 bits per heavy atom. The van der Waals surface area contributed by atoms with Crippen LogP contribution in [0, 0.1) is 0 Å². The molecular weight excluding hydrogens is 418 g/mol. The summed E-state index contributed by atoms with van der Waals surface area (Å²) >= 11 is 3.51. The molecule has 1 aliphatic rings. The van der Waals surface area contributed by atoms with Gasteiger partial charge in [-0.1, -0.05) is 40.2 Å². The van der Waals surface area contributed by atoms with Crippen LogP contribution in [0.15, 0.2) is 57.9 Å². The van der Waals surface area contributed by atoms with Gasteiger partial charge < -0.3 is 9.47 Å². The first-order valence-electron chi connectivity index (χ1n) is 7.92. The smallest absolute Gasteiger partial charge is 0.265 e. The van der Waals surface area contributed by atoms with Gasteiger partial charge in [-0.2, -0.15) is 0 Å². The number of sulfonamides is 1. The van der Waals surface area contributed by atoms with Crippen LogP contribution in [-0.4, -0.2) is 22.6 Å². The number of hydrogen-bond donors (Lipinski definition) is 0. The van der Waals surface area contributed by atoms with Gasteiger partial charge in [0.25, 0.3) is 10.0 Å². The van der Waals surface area contributed by atoms with E-state index < -0.39 is 10.0 Å². The monoisotopic (exact) mass is 433 g/mol. The third kappa shape index (κ3) is 2.46. The highest BCUT2D eigenvalue weighted by Crippen LogP contribution is 2.44. The van der Waals surface area contributed by atoms with Crippen molar-refractivity contribution in [3.05, 3.63) is 58.6 Å². The third-order valence-corrected chi connectivity index (χ3v) is 7.09. The number of benzene rings is 3. The first-order chi connectivity index (χ1) is 12.5. The first-order valence-corrected chi connectivity index (χ1v) is 10.2. The summed E-state index contributed by atoms with van der Waals surface area (Å²) in [7, 11) is -0.492. The van der Waals surface area contributed by atoms with Gasteiger partial charge >= 0.3 is 0 Å². The van der Waals surface area contributed by atoms with Gasteiger partial charge in [-0.05, 0) is 35.2 Å². The molecule has 4 rings (SSSR count). The van der Waals surface area contributed by atoms with E-state index in [1.165, 1.54) is 4.31 Å². The van der Waals surface area contributed by atoms with E-state index >= 15 is 0 Å². The van der Waals surface area contributed by atoms with Crippen molar-refractivity contribution in [3.8, 4) is 11.5 Å². The van der Waals surface area contributed by atoms with Gasteiger partial charge in [0, 0.05) is 9.86 Å². The summed E-state index contributed by atoms with van der Waals surface area (Å²) in [5, 5.41) is 1.68. The molecule has 134 valence electrons. The molecule has 3 aromatic rings. The lowest BCUT2D eigenvalue weighted by Gasteiger charge is -2.20. The number of hydrogen-bond acceptors (Lipinski definition) is 4. The molecule has 0 saturated carbocycles. The average Bonchev–Trinajstić information content (AvgIpc) is 2.86. The van der Waals surface area contributed by atoms with Crippen LogP contribution in [0.1, 0.15) is 5.56 Å². The summed E-state index contributed by atoms with van der Waals surface area (Å²) in [6, 6.07) is 14.6. The number of ether oxygens (including phenoxy) is 2. The lowest BCUT2D eigenvalue weighted by atomic mass is 10.1. The van der Waals surface area contributed by atoms with E-state index in [4.69, 9.17) is 9.47 Å². The molecule has 7 heteroatoms. The van der Waals surface area contributed by atoms with Gasteiger partial charge in [-0.25, -0.2) is 8.42 Å². The molecule has 0 unspecified atom stereocenters. The summed E-state index contributed by atoms with van der Waals surface area (Å²) in [6.45, 7) is 0.192. The van der Waals surface area contributed by atoms with E-state index in [-0.39, 0.29) is 6.54 Å². The largest absolute Gasteiger partial charge is 0.493 e. The van der Waals surface area contributed by atoms with Crippen molar-refractivity contribution in [2.24, 2.45) is 0 Å². The molecule has 5 nitrogen and oxygen atoms in total. The Labute approximate surface area is 160 Å². The van der Waals surface area contributed by atoms with Crippen molar-refractivity contribution < 1.29 is 17.9 Å². The molecule has 0 N–H and O–H groups in total. The summed E-state index contributed by atoms with van der Waals surface area (Å²) in [5.41, 5.74) is 1.48. The number of nitrogens with zero attached hydrogens (tertiary/aromatic N) is 1. The molecule has 1 aliphatic heterocycles. The Morgan fingerprint density at radius 3 is 2.35 bits per heavy atom. The molecule has 0 saturated heterocycles. The van der Waals surface area contributed by atoms with E-state index in [1.54, 1.807) is 38.5 Å². The first kappa shape index (κ1) is 17.2. The maximum atomic E-state index is 13.1. The highest BCUT2D eigenvalue weighted by atomic mass is 79.9. The second-order valence-electron chi connectivity index (χ2n) is 5.94. The lowest BCUT2D eigenvalue weighted by Crippen LogP contribution is -2.26. The highest BCUT2D eigenvalue weighted by molar-refractivity contribution is 9.10. The van der Waals surface area contributed by atoms with E-state index in [9.17, 15) is 8.42 Å². The van der Waals surface area contributed by atoms with Crippen LogP contribution in [0.5, 0.6) is 11.5 Å². The summed E-state index contributed by atoms with van der Waals surface area (Å²) in [5.74, 6) is 1.14. The molecule has 0 fully saturated rings. The molecule has 26 heavy (non-hydrogen) atoms. The molecule has 3 aromatic carbocycles. The van der Waals surface area contributed by atoms with Crippen LogP contribution < -0.4 is 13.8 Å². The van der Waals surface area contributed by atoms with Gasteiger partial charge in [0.15, 0.2) is 11.5 Å². The van der Waals surface area contributed by atoms with Crippen molar-refractivity contribution >= 4 is 42.4 Å². The zero-order valence-electron chi connectivity index (χ0n) is 14.2. The van der Waals surface area contributed by atoms with Crippen LogP contribution >= 0.6 is 15.9 Å². The number of rotatable bonds is 4. The second-order valence-corrected chi connectivity index (χ2v) is 8.63. The maximum Gasteiger partial charge on any atom is 0.265 e. The minimum Gasteiger partial charge on any atom is -0.493 e. The minimum atomic E-state index is -3.61. The van der Waals surface area contributed by atoms with Crippen molar-refractivity contribution in [2.45, 2.75) is 11.4 Å². The fraction of sp³-hybridized carbons (Fsp3) is 0.158. The van der Waals surface area contributed by atoms with E-state index in [0.29, 0.717) is 22.1 Å². The molecule has 0 amide bonds. The van der Waals surface area contributed by atoms with Crippen LogP contribution in [0.25, 0.3) is 10.8 Å². The maximum absolute atomic E-state index is 13.1. The van der Waals surface area contributed by atoms with Gasteiger partial charge in [0.1, 0.15) is 0 Å². The van der Waals surface area contributed by atoms with Gasteiger partial charge in [0.05, 0.1) is 31.3 Å². The van der Waals surface area contributed by atoms with Crippen molar-refractivity contribution in [1.82, 2.24) is 0 Å². The molecule has 0 aromatic heterocycles. The number of halogens is 1. The predicted molar refractivity (Wildman–Crippen MR) is 105 cm³/mol. The second kappa shape index (κ2) is 6.17. The minimum absolute atomic E-state index is 0.192. The molecular formula is C19H16BrNO4S. The molecule has 0 bridgehead atoms. The topological polar surface area (TPSA) is 55.8 Å². The summed E-state index contributed by atoms with van der Waals surface area (Å²) in [4.78, 5) is 0.349. The van der Waals surface area contributed by atoms with Gasteiger partial charge in [0.2, 0.25) is 0 Å². The number of anilines is 1.